The van der Waals surface area contributed by atoms with E-state index in [1.54, 1.807) is 0 Å². The van der Waals surface area contributed by atoms with Crippen LogP contribution in [0.4, 0.5) is 11.5 Å². The lowest BCUT2D eigenvalue weighted by atomic mass is 10.2. The van der Waals surface area contributed by atoms with Crippen molar-refractivity contribution in [3.05, 3.63) is 58.3 Å². The lowest BCUT2D eigenvalue weighted by molar-refractivity contribution is -0.385. The Morgan fingerprint density at radius 3 is 2.86 bits per heavy atom. The van der Waals surface area contributed by atoms with Crippen LogP contribution in [0.25, 0.3) is 0 Å². The summed E-state index contributed by atoms with van der Waals surface area (Å²) in [7, 11) is 0. The summed E-state index contributed by atoms with van der Waals surface area (Å²) >= 11 is 0. The normalized spacial score (nSPS) is 11.7. The number of nitrogens with one attached hydrogen (secondary N) is 1. The van der Waals surface area contributed by atoms with Crippen molar-refractivity contribution in [3.63, 3.8) is 0 Å². The third-order valence-electron chi connectivity index (χ3n) is 2.91. The SMILES string of the molecule is Cc1cccc(OC[C@@H](O)CNc2ccc([N+](=O)[O-])cn2)c1. The van der Waals surface area contributed by atoms with E-state index >= 15 is 0 Å². The van der Waals surface area contributed by atoms with Crippen LogP contribution in [-0.2, 0) is 0 Å². The van der Waals surface area contributed by atoms with Gasteiger partial charge in [0.05, 0.1) is 4.92 Å². The van der Waals surface area contributed by atoms with Gasteiger partial charge in [0.2, 0.25) is 0 Å². The zero-order chi connectivity index (χ0) is 15.9. The Labute approximate surface area is 127 Å². The molecule has 0 spiro atoms. The number of nitro groups is 1. The Kier molecular flexibility index (Phi) is 5.26. The number of pyridine rings is 1. The molecule has 2 rings (SSSR count). The lowest BCUT2D eigenvalue weighted by Crippen LogP contribution is -2.26. The Morgan fingerprint density at radius 2 is 2.23 bits per heavy atom. The van der Waals surface area contributed by atoms with E-state index in [4.69, 9.17) is 4.74 Å². The minimum Gasteiger partial charge on any atom is -0.491 e. The summed E-state index contributed by atoms with van der Waals surface area (Å²) in [6, 6.07) is 10.4. The first-order chi connectivity index (χ1) is 10.5. The van der Waals surface area contributed by atoms with Crippen molar-refractivity contribution in [2.75, 3.05) is 18.5 Å². The lowest BCUT2D eigenvalue weighted by Gasteiger charge is -2.13. The topological polar surface area (TPSA) is 97.5 Å². The van der Waals surface area contributed by atoms with Gasteiger partial charge in [-0.2, -0.15) is 0 Å². The van der Waals surface area contributed by atoms with Crippen LogP contribution in [0.3, 0.4) is 0 Å². The molecule has 0 amide bonds. The van der Waals surface area contributed by atoms with Crippen LogP contribution in [0, 0.1) is 17.0 Å². The number of ether oxygens (including phenoxy) is 1. The molecule has 22 heavy (non-hydrogen) atoms. The third kappa shape index (κ3) is 4.71. The van der Waals surface area contributed by atoms with Crippen LogP contribution < -0.4 is 10.1 Å². The van der Waals surface area contributed by atoms with Crippen molar-refractivity contribution >= 4 is 11.5 Å². The molecule has 0 aliphatic heterocycles. The molecule has 0 fully saturated rings. The fraction of sp³-hybridized carbons (Fsp3) is 0.267. The Balaban J connectivity index is 1.77. The quantitative estimate of drug-likeness (QED) is 0.601. The van der Waals surface area contributed by atoms with Gasteiger partial charge in [0.25, 0.3) is 5.69 Å². The number of benzene rings is 1. The second kappa shape index (κ2) is 7.37. The third-order valence-corrected chi connectivity index (χ3v) is 2.91. The molecule has 1 aromatic heterocycles. The van der Waals surface area contributed by atoms with E-state index in [0.29, 0.717) is 11.6 Å². The highest BCUT2D eigenvalue weighted by Gasteiger charge is 2.08. The molecular weight excluding hydrogens is 286 g/mol. The Morgan fingerprint density at radius 1 is 1.41 bits per heavy atom. The summed E-state index contributed by atoms with van der Waals surface area (Å²) in [5.74, 6) is 1.16. The van der Waals surface area contributed by atoms with E-state index in [-0.39, 0.29) is 18.8 Å². The highest BCUT2D eigenvalue weighted by molar-refractivity contribution is 5.40. The summed E-state index contributed by atoms with van der Waals surface area (Å²) < 4.78 is 5.49. The highest BCUT2D eigenvalue weighted by atomic mass is 16.6. The van der Waals surface area contributed by atoms with Crippen LogP contribution in [0.1, 0.15) is 5.56 Å². The van der Waals surface area contributed by atoms with Gasteiger partial charge in [0.15, 0.2) is 0 Å². The summed E-state index contributed by atoms with van der Waals surface area (Å²) in [6.07, 6.45) is 0.440. The van der Waals surface area contributed by atoms with Gasteiger partial charge in [0, 0.05) is 12.6 Å². The Hall–Kier alpha value is -2.67. The monoisotopic (exact) mass is 303 g/mol. The van der Waals surface area contributed by atoms with Gasteiger partial charge in [-0.3, -0.25) is 10.1 Å². The molecule has 116 valence electrons. The molecule has 0 radical (unpaired) electrons. The first kappa shape index (κ1) is 15.7. The molecule has 7 heteroatoms. The minimum absolute atomic E-state index is 0.0751. The van der Waals surface area contributed by atoms with Crippen molar-refractivity contribution in [3.8, 4) is 5.75 Å². The van der Waals surface area contributed by atoms with Crippen molar-refractivity contribution in [1.29, 1.82) is 0 Å². The second-order valence-corrected chi connectivity index (χ2v) is 4.82. The molecular formula is C15H17N3O4. The summed E-state index contributed by atoms with van der Waals surface area (Å²) in [5.41, 5.74) is 1.01. The van der Waals surface area contributed by atoms with Gasteiger partial charge in [0.1, 0.15) is 30.5 Å². The maximum atomic E-state index is 10.5. The first-order valence-corrected chi connectivity index (χ1v) is 6.76. The van der Waals surface area contributed by atoms with Gasteiger partial charge in [-0.15, -0.1) is 0 Å². The number of aryl methyl sites for hydroxylation is 1. The summed E-state index contributed by atoms with van der Waals surface area (Å²) in [4.78, 5) is 13.9. The molecule has 0 saturated carbocycles. The molecule has 0 unspecified atom stereocenters. The molecule has 1 aromatic carbocycles. The molecule has 7 nitrogen and oxygen atoms in total. The average Bonchev–Trinajstić information content (AvgIpc) is 2.51. The average molecular weight is 303 g/mol. The molecule has 0 aliphatic carbocycles. The molecule has 0 bridgehead atoms. The van der Waals surface area contributed by atoms with Crippen molar-refractivity contribution in [2.24, 2.45) is 0 Å². The molecule has 1 atom stereocenters. The first-order valence-electron chi connectivity index (χ1n) is 6.76. The highest BCUT2D eigenvalue weighted by Crippen LogP contribution is 2.13. The summed E-state index contributed by atoms with van der Waals surface area (Å²) in [6.45, 7) is 2.34. The molecule has 0 saturated heterocycles. The van der Waals surface area contributed by atoms with Crippen LogP contribution >= 0.6 is 0 Å². The minimum atomic E-state index is -0.725. The maximum absolute atomic E-state index is 10.5. The number of nitrogens with zero attached hydrogens (tertiary/aromatic N) is 2. The number of aliphatic hydroxyl groups excluding tert-OH is 1. The van der Waals surface area contributed by atoms with Crippen LogP contribution in [-0.4, -0.2) is 34.3 Å². The van der Waals surface area contributed by atoms with Crippen molar-refractivity contribution < 1.29 is 14.8 Å². The van der Waals surface area contributed by atoms with E-state index in [1.807, 2.05) is 31.2 Å². The van der Waals surface area contributed by atoms with Gasteiger partial charge in [-0.25, -0.2) is 4.98 Å². The predicted molar refractivity (Wildman–Crippen MR) is 82.1 cm³/mol. The molecule has 1 heterocycles. The van der Waals surface area contributed by atoms with Crippen molar-refractivity contribution in [2.45, 2.75) is 13.0 Å². The van der Waals surface area contributed by atoms with Gasteiger partial charge < -0.3 is 15.2 Å². The van der Waals surface area contributed by atoms with Crippen LogP contribution in [0.2, 0.25) is 0 Å². The number of anilines is 1. The van der Waals surface area contributed by atoms with E-state index in [2.05, 4.69) is 10.3 Å². The predicted octanol–water partition coefficient (Wildman–Crippen LogP) is 2.15. The molecule has 0 aliphatic rings. The van der Waals surface area contributed by atoms with Gasteiger partial charge in [-0.1, -0.05) is 12.1 Å². The largest absolute Gasteiger partial charge is 0.491 e. The number of hydrogen-bond acceptors (Lipinski definition) is 6. The van der Waals surface area contributed by atoms with E-state index in [9.17, 15) is 15.2 Å². The number of hydrogen-bond donors (Lipinski definition) is 2. The zero-order valence-corrected chi connectivity index (χ0v) is 12.1. The van der Waals surface area contributed by atoms with Gasteiger partial charge in [-0.05, 0) is 30.7 Å². The number of aromatic nitrogens is 1. The fourth-order valence-electron chi connectivity index (χ4n) is 1.78. The van der Waals surface area contributed by atoms with E-state index in [0.717, 1.165) is 11.8 Å². The van der Waals surface area contributed by atoms with Crippen molar-refractivity contribution in [1.82, 2.24) is 4.98 Å². The Bertz CT molecular complexity index is 631. The van der Waals surface area contributed by atoms with E-state index in [1.165, 1.54) is 12.1 Å². The number of aliphatic hydroxyl groups is 1. The molecule has 2 N–H and O–H groups in total. The number of rotatable bonds is 7. The van der Waals surface area contributed by atoms with Gasteiger partial charge >= 0.3 is 0 Å². The van der Waals surface area contributed by atoms with E-state index < -0.39 is 11.0 Å². The van der Waals surface area contributed by atoms with Crippen LogP contribution in [0.5, 0.6) is 5.75 Å². The second-order valence-electron chi connectivity index (χ2n) is 4.82. The smallest absolute Gasteiger partial charge is 0.287 e. The maximum Gasteiger partial charge on any atom is 0.287 e. The fourth-order valence-corrected chi connectivity index (χ4v) is 1.78. The van der Waals surface area contributed by atoms with Crippen LogP contribution in [0.15, 0.2) is 42.6 Å². The standard InChI is InChI=1S/C15H17N3O4/c1-11-3-2-4-14(7-11)22-10-13(19)9-17-15-6-5-12(8-16-15)18(20)21/h2-8,13,19H,9-10H2,1H3,(H,16,17)/t13-/m0/s1. The zero-order valence-electron chi connectivity index (χ0n) is 12.1. The summed E-state index contributed by atoms with van der Waals surface area (Å²) in [5, 5.41) is 23.3. The molecule has 2 aromatic rings.